The fourth-order valence-electron chi connectivity index (χ4n) is 1.76. The molecule has 0 fully saturated rings. The van der Waals surface area contributed by atoms with Gasteiger partial charge in [0.15, 0.2) is 4.34 Å². The number of aromatic nitrogens is 5. The van der Waals surface area contributed by atoms with Crippen molar-refractivity contribution in [3.05, 3.63) is 30.2 Å². The number of H-pyrrole nitrogens is 1. The van der Waals surface area contributed by atoms with Gasteiger partial charge < -0.3 is 10.4 Å². The Labute approximate surface area is 143 Å². The van der Waals surface area contributed by atoms with Crippen LogP contribution in [-0.2, 0) is 4.79 Å². The lowest BCUT2D eigenvalue weighted by atomic mass is 10.3. The van der Waals surface area contributed by atoms with Crippen molar-refractivity contribution in [3.8, 4) is 6.07 Å². The van der Waals surface area contributed by atoms with Gasteiger partial charge in [-0.15, -0.1) is 21.5 Å². The Morgan fingerprint density at radius 3 is 3.12 bits per heavy atom. The number of nitrogens with zero attached hydrogens (tertiary/aromatic N) is 5. The topological polar surface area (TPSA) is 140 Å². The van der Waals surface area contributed by atoms with Crippen LogP contribution in [0.3, 0.4) is 0 Å². The van der Waals surface area contributed by atoms with E-state index in [2.05, 4.69) is 30.9 Å². The molecule has 24 heavy (non-hydrogen) atoms. The van der Waals surface area contributed by atoms with E-state index in [0.29, 0.717) is 4.34 Å². The zero-order valence-corrected chi connectivity index (χ0v) is 13.6. The van der Waals surface area contributed by atoms with E-state index in [1.807, 2.05) is 24.3 Å². The molecule has 3 aromatic rings. The molecule has 0 amide bonds. The van der Waals surface area contributed by atoms with Gasteiger partial charge in [-0.1, -0.05) is 11.8 Å². The number of allylic oxidation sites excluding steroid dienone is 1. The molecule has 1 aromatic carbocycles. The van der Waals surface area contributed by atoms with Gasteiger partial charge in [-0.2, -0.15) is 10.5 Å². The highest BCUT2D eigenvalue weighted by molar-refractivity contribution is 8.01. The lowest BCUT2D eigenvalue weighted by Gasteiger charge is -2.00. The number of aliphatic carboxylic acids is 1. The fourth-order valence-corrected chi connectivity index (χ4v) is 3.58. The van der Waals surface area contributed by atoms with E-state index in [0.717, 1.165) is 15.9 Å². The van der Waals surface area contributed by atoms with Crippen molar-refractivity contribution in [1.29, 1.82) is 5.26 Å². The summed E-state index contributed by atoms with van der Waals surface area (Å²) in [5, 5.41) is 34.0. The van der Waals surface area contributed by atoms with Gasteiger partial charge in [-0.25, -0.2) is 4.98 Å². The molecule has 0 radical (unpaired) electrons. The lowest BCUT2D eigenvalue weighted by molar-refractivity contribution is -0.133. The summed E-state index contributed by atoms with van der Waals surface area (Å²) in [6.07, 6.45) is 1.49. The van der Waals surface area contributed by atoms with Crippen molar-refractivity contribution in [1.82, 2.24) is 25.6 Å². The molecular weight excluding hydrogens is 350 g/mol. The molecule has 0 saturated heterocycles. The molecule has 3 N–H and O–H groups in total. The third kappa shape index (κ3) is 3.67. The van der Waals surface area contributed by atoms with Crippen molar-refractivity contribution in [2.45, 2.75) is 4.34 Å². The number of hydrogen-bond acceptors (Lipinski definition) is 9. The summed E-state index contributed by atoms with van der Waals surface area (Å²) in [7, 11) is 0. The molecule has 0 aliphatic carbocycles. The molecule has 0 atom stereocenters. The zero-order valence-electron chi connectivity index (χ0n) is 11.9. The number of carboxylic acid groups (broad SMARTS) is 1. The van der Waals surface area contributed by atoms with Crippen molar-refractivity contribution in [3.63, 3.8) is 0 Å². The molecule has 0 aliphatic heterocycles. The molecule has 2 aromatic heterocycles. The van der Waals surface area contributed by atoms with Crippen LogP contribution in [0.4, 0.5) is 5.69 Å². The number of rotatable bonds is 6. The maximum absolute atomic E-state index is 10.6. The van der Waals surface area contributed by atoms with Gasteiger partial charge in [-0.05, 0) is 23.4 Å². The highest BCUT2D eigenvalue weighted by Gasteiger charge is 2.08. The number of nitrogens with one attached hydrogen (secondary N) is 2. The van der Waals surface area contributed by atoms with Crippen molar-refractivity contribution in [2.75, 3.05) is 11.1 Å². The Morgan fingerprint density at radius 1 is 1.54 bits per heavy atom. The van der Waals surface area contributed by atoms with Gasteiger partial charge in [0.25, 0.3) is 0 Å². The Morgan fingerprint density at radius 2 is 2.42 bits per heavy atom. The number of tetrazole rings is 1. The van der Waals surface area contributed by atoms with E-state index in [9.17, 15) is 4.79 Å². The van der Waals surface area contributed by atoms with Crippen LogP contribution in [0.5, 0.6) is 0 Å². The number of thiazole rings is 1. The van der Waals surface area contributed by atoms with E-state index >= 15 is 0 Å². The summed E-state index contributed by atoms with van der Waals surface area (Å²) >= 11 is 2.60. The standard InChI is InChI=1S/C13H9N7O2S2/c14-4-7(12-17-19-20-18-12)5-15-8-1-2-9-10(3-8)24-13(16-9)23-6-11(21)22/h1-3,5,15H,6H2,(H,21,22)(H,17,18,19,20). The van der Waals surface area contributed by atoms with E-state index in [4.69, 9.17) is 10.4 Å². The molecule has 120 valence electrons. The molecule has 3 rings (SSSR count). The summed E-state index contributed by atoms with van der Waals surface area (Å²) in [6, 6.07) is 7.50. The molecule has 11 heteroatoms. The molecule has 0 unspecified atom stereocenters. The van der Waals surface area contributed by atoms with Crippen LogP contribution in [-0.4, -0.2) is 42.4 Å². The number of aromatic amines is 1. The number of carbonyl (C=O) groups is 1. The van der Waals surface area contributed by atoms with Crippen LogP contribution in [0.15, 0.2) is 28.7 Å². The zero-order chi connectivity index (χ0) is 16.9. The molecule has 0 aliphatic rings. The van der Waals surface area contributed by atoms with Gasteiger partial charge in [0.2, 0.25) is 5.82 Å². The minimum absolute atomic E-state index is 0.0239. The number of benzene rings is 1. The third-order valence-corrected chi connectivity index (χ3v) is 4.92. The van der Waals surface area contributed by atoms with E-state index in [-0.39, 0.29) is 17.2 Å². The quantitative estimate of drug-likeness (QED) is 0.445. The first kappa shape index (κ1) is 15.9. The first-order valence-corrected chi connectivity index (χ1v) is 8.32. The highest BCUT2D eigenvalue weighted by atomic mass is 32.2. The molecule has 2 heterocycles. The van der Waals surface area contributed by atoms with Crippen LogP contribution in [0.25, 0.3) is 15.8 Å². The SMILES string of the molecule is N#CC(=CNc1ccc2nc(SCC(=O)O)sc2c1)c1nn[nH]n1. The van der Waals surface area contributed by atoms with Crippen LogP contribution in [0, 0.1) is 11.3 Å². The first-order chi connectivity index (χ1) is 11.7. The largest absolute Gasteiger partial charge is 0.481 e. The molecule has 0 bridgehead atoms. The lowest BCUT2D eigenvalue weighted by Crippen LogP contribution is -1.96. The number of fused-ring (bicyclic) bond motifs is 1. The average molecular weight is 359 g/mol. The Balaban J connectivity index is 1.78. The fraction of sp³-hybridized carbons (Fsp3) is 0.0769. The predicted molar refractivity (Wildman–Crippen MR) is 89.4 cm³/mol. The van der Waals surface area contributed by atoms with E-state index in [1.165, 1.54) is 29.3 Å². The maximum Gasteiger partial charge on any atom is 0.313 e. The van der Waals surface area contributed by atoms with Crippen LogP contribution >= 0.6 is 23.1 Å². The Hall–Kier alpha value is -2.97. The van der Waals surface area contributed by atoms with Crippen LogP contribution < -0.4 is 5.32 Å². The average Bonchev–Trinajstić information content (AvgIpc) is 3.22. The molecular formula is C13H9N7O2S2. The summed E-state index contributed by atoms with van der Waals surface area (Å²) in [6.45, 7) is 0. The van der Waals surface area contributed by atoms with Crippen molar-refractivity contribution < 1.29 is 9.90 Å². The number of anilines is 1. The number of nitriles is 1. The number of hydrogen-bond donors (Lipinski definition) is 3. The van der Waals surface area contributed by atoms with Crippen LogP contribution in [0.2, 0.25) is 0 Å². The number of carboxylic acids is 1. The second-order valence-electron chi connectivity index (χ2n) is 4.39. The molecule has 0 spiro atoms. The Bertz CT molecular complexity index is 943. The summed E-state index contributed by atoms with van der Waals surface area (Å²) < 4.78 is 1.61. The smallest absolute Gasteiger partial charge is 0.313 e. The molecule has 0 saturated carbocycles. The number of thioether (sulfide) groups is 1. The highest BCUT2D eigenvalue weighted by Crippen LogP contribution is 2.31. The normalized spacial score (nSPS) is 11.4. The van der Waals surface area contributed by atoms with Crippen LogP contribution in [0.1, 0.15) is 5.82 Å². The van der Waals surface area contributed by atoms with Crippen molar-refractivity contribution in [2.24, 2.45) is 0 Å². The summed E-state index contributed by atoms with van der Waals surface area (Å²) in [5.41, 5.74) is 1.80. The monoisotopic (exact) mass is 359 g/mol. The van der Waals surface area contributed by atoms with Gasteiger partial charge in [-0.3, -0.25) is 4.79 Å². The first-order valence-electron chi connectivity index (χ1n) is 6.51. The molecule has 9 nitrogen and oxygen atoms in total. The van der Waals surface area contributed by atoms with E-state index in [1.54, 1.807) is 0 Å². The van der Waals surface area contributed by atoms with Gasteiger partial charge >= 0.3 is 5.97 Å². The third-order valence-electron chi connectivity index (χ3n) is 2.78. The van der Waals surface area contributed by atoms with Crippen molar-refractivity contribution >= 4 is 50.5 Å². The van der Waals surface area contributed by atoms with E-state index < -0.39 is 5.97 Å². The minimum Gasteiger partial charge on any atom is -0.481 e. The Kier molecular flexibility index (Phi) is 4.69. The van der Waals surface area contributed by atoms with Gasteiger partial charge in [0.1, 0.15) is 11.6 Å². The van der Waals surface area contributed by atoms with Gasteiger partial charge in [0, 0.05) is 11.9 Å². The second kappa shape index (κ2) is 7.07. The second-order valence-corrected chi connectivity index (χ2v) is 6.65. The summed E-state index contributed by atoms with van der Waals surface area (Å²) in [4.78, 5) is 15.0. The minimum atomic E-state index is -0.878. The predicted octanol–water partition coefficient (Wildman–Crippen LogP) is 1.96. The summed E-state index contributed by atoms with van der Waals surface area (Å²) in [5.74, 6) is -0.697. The van der Waals surface area contributed by atoms with Gasteiger partial charge in [0.05, 0.1) is 16.0 Å². The maximum atomic E-state index is 10.6.